The summed E-state index contributed by atoms with van der Waals surface area (Å²) < 4.78 is 5.65. The maximum Gasteiger partial charge on any atom is 0.333 e. The second-order valence-corrected chi connectivity index (χ2v) is 10.5. The van der Waals surface area contributed by atoms with E-state index in [2.05, 4.69) is 43.8 Å². The lowest BCUT2D eigenvalue weighted by Crippen LogP contribution is -2.50. The first-order valence-corrected chi connectivity index (χ1v) is 13.0. The maximum absolute atomic E-state index is 11.6. The van der Waals surface area contributed by atoms with E-state index in [9.17, 15) is 9.90 Å². The van der Waals surface area contributed by atoms with Crippen LogP contribution in [0.1, 0.15) is 62.6 Å². The number of aromatic hydroxyl groups is 1. The molecule has 4 fully saturated rings. The van der Waals surface area contributed by atoms with E-state index in [4.69, 9.17) is 4.74 Å². The van der Waals surface area contributed by atoms with E-state index >= 15 is 0 Å². The molecule has 0 amide bonds. The fraction of sp³-hybridized carbons (Fsp3) is 0.406. The highest BCUT2D eigenvalue weighted by molar-refractivity contribution is 5.87. The van der Waals surface area contributed by atoms with Crippen molar-refractivity contribution in [1.29, 1.82) is 0 Å². The number of benzene rings is 2. The summed E-state index contributed by atoms with van der Waals surface area (Å²) in [4.78, 5) is 11.6. The van der Waals surface area contributed by atoms with Crippen LogP contribution in [0.5, 0.6) is 5.75 Å². The number of carbonyl (C=O) groups excluding carboxylic acids is 1. The Morgan fingerprint density at radius 3 is 1.83 bits per heavy atom. The Labute approximate surface area is 210 Å². The van der Waals surface area contributed by atoms with Crippen molar-refractivity contribution < 1.29 is 14.6 Å². The molecule has 0 radical (unpaired) electrons. The molecule has 0 aromatic heterocycles. The minimum atomic E-state index is -0.183. The first-order chi connectivity index (χ1) is 16.9. The normalized spacial score (nSPS) is 26.5. The smallest absolute Gasteiger partial charge is 0.333 e. The van der Waals surface area contributed by atoms with Gasteiger partial charge in [-0.3, -0.25) is 0 Å². The van der Waals surface area contributed by atoms with Crippen LogP contribution in [0.4, 0.5) is 0 Å². The van der Waals surface area contributed by atoms with Crippen LogP contribution in [-0.2, 0) is 16.0 Å². The summed E-state index contributed by atoms with van der Waals surface area (Å²) in [6.45, 7) is 7.56. The highest BCUT2D eigenvalue weighted by atomic mass is 16.5. The summed E-state index contributed by atoms with van der Waals surface area (Å²) >= 11 is 0. The van der Waals surface area contributed by atoms with Crippen molar-refractivity contribution >= 4 is 18.1 Å². The molecule has 0 aliphatic heterocycles. The summed E-state index contributed by atoms with van der Waals surface area (Å²) in [6.07, 6.45) is 16.0. The highest BCUT2D eigenvalue weighted by Gasteiger charge is 2.49. The topological polar surface area (TPSA) is 46.5 Å². The van der Waals surface area contributed by atoms with Gasteiger partial charge < -0.3 is 9.84 Å². The van der Waals surface area contributed by atoms with E-state index in [1.165, 1.54) is 43.2 Å². The van der Waals surface area contributed by atoms with Gasteiger partial charge in [-0.1, -0.05) is 74.2 Å². The van der Waals surface area contributed by atoms with Crippen LogP contribution < -0.4 is 0 Å². The Morgan fingerprint density at radius 1 is 0.886 bits per heavy atom. The van der Waals surface area contributed by atoms with E-state index in [0.29, 0.717) is 23.2 Å². The van der Waals surface area contributed by atoms with Gasteiger partial charge in [-0.25, -0.2) is 4.79 Å². The Morgan fingerprint density at radius 2 is 1.37 bits per heavy atom. The third-order valence-electron chi connectivity index (χ3n) is 7.70. The zero-order chi connectivity index (χ0) is 24.8. The SMILES string of the molecule is C=C(C)C(=O)OC1C2CC3CC(C2)CC1C3.CCc1ccc(C=CC=Cc2ccc(O)cc2)cc1. The molecule has 3 nitrogen and oxygen atoms in total. The molecule has 0 saturated heterocycles. The van der Waals surface area contributed by atoms with Gasteiger partial charge in [0.25, 0.3) is 0 Å². The van der Waals surface area contributed by atoms with Crippen molar-refractivity contribution in [2.24, 2.45) is 23.7 Å². The van der Waals surface area contributed by atoms with Crippen LogP contribution in [-0.4, -0.2) is 17.2 Å². The number of hydrogen-bond acceptors (Lipinski definition) is 3. The summed E-state index contributed by atoms with van der Waals surface area (Å²) in [5.41, 5.74) is 4.17. The molecule has 0 heterocycles. The number of esters is 1. The van der Waals surface area contributed by atoms with Crippen molar-refractivity contribution in [2.75, 3.05) is 0 Å². The molecule has 3 heteroatoms. The largest absolute Gasteiger partial charge is 0.508 e. The number of rotatable bonds is 6. The van der Waals surface area contributed by atoms with Gasteiger partial charge in [-0.2, -0.15) is 0 Å². The minimum absolute atomic E-state index is 0.183. The van der Waals surface area contributed by atoms with Crippen molar-refractivity contribution in [2.45, 2.75) is 58.5 Å². The van der Waals surface area contributed by atoms with E-state index in [-0.39, 0.29) is 12.1 Å². The molecule has 2 aromatic carbocycles. The molecule has 4 aliphatic carbocycles. The van der Waals surface area contributed by atoms with E-state index in [1.54, 1.807) is 19.1 Å². The van der Waals surface area contributed by atoms with Gasteiger partial charge in [0.2, 0.25) is 0 Å². The number of aryl methyl sites for hydroxylation is 1. The predicted molar refractivity (Wildman–Crippen MR) is 144 cm³/mol. The molecule has 6 rings (SSSR count). The molecule has 0 unspecified atom stereocenters. The van der Waals surface area contributed by atoms with E-state index in [0.717, 1.165) is 23.8 Å². The number of phenols is 1. The zero-order valence-electron chi connectivity index (χ0n) is 21.0. The van der Waals surface area contributed by atoms with E-state index in [1.807, 2.05) is 30.4 Å². The second-order valence-electron chi connectivity index (χ2n) is 10.5. The van der Waals surface area contributed by atoms with Crippen LogP contribution >= 0.6 is 0 Å². The summed E-state index contributed by atoms with van der Waals surface area (Å²) in [5.74, 6) is 3.28. The molecular weight excluding hydrogens is 432 g/mol. The summed E-state index contributed by atoms with van der Waals surface area (Å²) in [7, 11) is 0. The number of allylic oxidation sites excluding steroid dienone is 2. The molecule has 4 saturated carbocycles. The van der Waals surface area contributed by atoms with Gasteiger partial charge in [0.1, 0.15) is 11.9 Å². The lowest BCUT2D eigenvalue weighted by atomic mass is 9.55. The molecular formula is C32H38O3. The van der Waals surface area contributed by atoms with Crippen molar-refractivity contribution in [1.82, 2.24) is 0 Å². The second kappa shape index (κ2) is 11.6. The molecule has 0 spiro atoms. The molecule has 184 valence electrons. The third-order valence-corrected chi connectivity index (χ3v) is 7.70. The molecule has 0 atom stereocenters. The average molecular weight is 471 g/mol. The predicted octanol–water partition coefficient (Wildman–Crippen LogP) is 7.61. The number of ether oxygens (including phenoxy) is 1. The maximum atomic E-state index is 11.6. The van der Waals surface area contributed by atoms with Gasteiger partial charge in [0.05, 0.1) is 0 Å². The molecule has 4 bridgehead atoms. The van der Waals surface area contributed by atoms with Gasteiger partial charge in [-0.15, -0.1) is 0 Å². The Hall–Kier alpha value is -3.07. The molecule has 2 aromatic rings. The fourth-order valence-electron chi connectivity index (χ4n) is 6.08. The quantitative estimate of drug-likeness (QED) is 0.268. The summed E-state index contributed by atoms with van der Waals surface area (Å²) in [5, 5.41) is 9.18. The van der Waals surface area contributed by atoms with Crippen molar-refractivity contribution in [3.8, 4) is 5.75 Å². The Bertz CT molecular complexity index is 1030. The van der Waals surface area contributed by atoms with Gasteiger partial charge in [-0.05, 0) is 97.9 Å². The molecule has 4 aliphatic rings. The van der Waals surface area contributed by atoms with E-state index < -0.39 is 0 Å². The lowest BCUT2D eigenvalue weighted by Gasteiger charge is -2.53. The van der Waals surface area contributed by atoms with Crippen LogP contribution in [0, 0.1) is 23.7 Å². The minimum Gasteiger partial charge on any atom is -0.508 e. The Kier molecular flexibility index (Phi) is 8.28. The van der Waals surface area contributed by atoms with Gasteiger partial charge in [0, 0.05) is 5.57 Å². The third kappa shape index (κ3) is 6.75. The Balaban J connectivity index is 0.000000167. The van der Waals surface area contributed by atoms with Crippen LogP contribution in [0.2, 0.25) is 0 Å². The highest BCUT2D eigenvalue weighted by Crippen LogP contribution is 2.54. The lowest BCUT2D eigenvalue weighted by molar-refractivity contribution is -0.166. The summed E-state index contributed by atoms with van der Waals surface area (Å²) in [6, 6.07) is 15.7. The van der Waals surface area contributed by atoms with Crippen molar-refractivity contribution in [3.63, 3.8) is 0 Å². The monoisotopic (exact) mass is 470 g/mol. The van der Waals surface area contributed by atoms with Gasteiger partial charge >= 0.3 is 5.97 Å². The van der Waals surface area contributed by atoms with Crippen molar-refractivity contribution in [3.05, 3.63) is 89.5 Å². The van der Waals surface area contributed by atoms with Crippen LogP contribution in [0.25, 0.3) is 12.2 Å². The van der Waals surface area contributed by atoms with Crippen LogP contribution in [0.15, 0.2) is 72.8 Å². The molecule has 35 heavy (non-hydrogen) atoms. The zero-order valence-corrected chi connectivity index (χ0v) is 21.0. The number of phenolic OH excluding ortho intramolecular Hbond substituents is 1. The standard InChI is InChI=1S/C18H18O.C14H20O2/c1-2-15-7-9-16(10-8-15)5-3-4-6-17-11-13-18(19)14-12-17;1-8(2)14(15)16-13-11-4-9-3-10(6-11)7-12(13)5-9/h3-14,19H,2H2,1H3;9-13H,1,3-7H2,2H3. The first kappa shape index (κ1) is 25.0. The average Bonchev–Trinajstić information content (AvgIpc) is 2.85. The van der Waals surface area contributed by atoms with Crippen LogP contribution in [0.3, 0.4) is 0 Å². The number of hydrogen-bond donors (Lipinski definition) is 1. The number of carbonyl (C=O) groups is 1. The molecule has 1 N–H and O–H groups in total. The first-order valence-electron chi connectivity index (χ1n) is 13.0. The van der Waals surface area contributed by atoms with Gasteiger partial charge in [0.15, 0.2) is 0 Å². The fourth-order valence-corrected chi connectivity index (χ4v) is 6.08.